The highest BCUT2D eigenvalue weighted by atomic mass is 32.1. The van der Waals surface area contributed by atoms with Gasteiger partial charge in [0.25, 0.3) is 5.91 Å². The Hall–Kier alpha value is -2.58. The van der Waals surface area contributed by atoms with E-state index in [4.69, 9.17) is 0 Å². The highest BCUT2D eigenvalue weighted by molar-refractivity contribution is 7.20. The van der Waals surface area contributed by atoms with Crippen LogP contribution in [-0.2, 0) is 11.2 Å². The molecule has 3 aromatic rings. The van der Waals surface area contributed by atoms with Crippen LogP contribution in [0.25, 0.3) is 9.88 Å². The molecule has 2 aromatic heterocycles. The summed E-state index contributed by atoms with van der Waals surface area (Å²) in [6.45, 7) is 1.21. The van der Waals surface area contributed by atoms with Crippen molar-refractivity contribution < 1.29 is 14.0 Å². The zero-order valence-corrected chi connectivity index (χ0v) is 17.3. The third-order valence-electron chi connectivity index (χ3n) is 4.91. The molecule has 0 saturated carbocycles. The van der Waals surface area contributed by atoms with Crippen molar-refractivity contribution in [2.75, 3.05) is 13.1 Å². The fourth-order valence-electron chi connectivity index (χ4n) is 3.31. The number of hydrogen-bond acceptors (Lipinski definition) is 5. The number of hydrogen-bond donors (Lipinski definition) is 1. The molecule has 0 unspecified atom stereocenters. The van der Waals surface area contributed by atoms with E-state index < -0.39 is 0 Å². The average molecular weight is 430 g/mol. The minimum absolute atomic E-state index is 0.0151. The summed E-state index contributed by atoms with van der Waals surface area (Å²) in [5.74, 6) is -0.509. The molecule has 0 spiro atoms. The van der Waals surface area contributed by atoms with Gasteiger partial charge in [0.05, 0.1) is 17.0 Å². The van der Waals surface area contributed by atoms with Crippen LogP contribution >= 0.6 is 22.7 Å². The molecule has 3 heterocycles. The van der Waals surface area contributed by atoms with Crippen LogP contribution in [0.5, 0.6) is 0 Å². The van der Waals surface area contributed by atoms with E-state index in [1.165, 1.54) is 24.3 Å². The van der Waals surface area contributed by atoms with Crippen molar-refractivity contribution in [2.24, 2.45) is 0 Å². The number of nitrogens with one attached hydrogen (secondary N) is 1. The minimum atomic E-state index is -0.365. The van der Waals surface area contributed by atoms with Crippen molar-refractivity contribution in [3.63, 3.8) is 0 Å². The zero-order chi connectivity index (χ0) is 20.2. The normalized spacial score (nSPS) is 14.7. The third-order valence-corrected chi connectivity index (χ3v) is 6.84. The number of thiophene rings is 1. The topological polar surface area (TPSA) is 62.3 Å². The fraction of sp³-hybridized carbons (Fsp3) is 0.286. The predicted molar refractivity (Wildman–Crippen MR) is 113 cm³/mol. The van der Waals surface area contributed by atoms with Crippen LogP contribution < -0.4 is 5.32 Å². The SMILES string of the molecule is O=C(NC1CCN(C(=O)Cc2csc(-c3cccs3)n2)CC1)c1ccc(F)cc1. The summed E-state index contributed by atoms with van der Waals surface area (Å²) in [6, 6.07) is 9.53. The van der Waals surface area contributed by atoms with E-state index in [2.05, 4.69) is 10.3 Å². The van der Waals surface area contributed by atoms with Gasteiger partial charge in [0.15, 0.2) is 0 Å². The Labute approximate surface area is 176 Å². The first kappa shape index (κ1) is 19.7. The van der Waals surface area contributed by atoms with Crippen LogP contribution in [-0.4, -0.2) is 40.8 Å². The maximum absolute atomic E-state index is 13.0. The molecule has 0 atom stereocenters. The number of carbonyl (C=O) groups excluding carboxylic acids is 2. The van der Waals surface area contributed by atoms with Crippen molar-refractivity contribution in [3.8, 4) is 9.88 Å². The van der Waals surface area contributed by atoms with Crippen molar-refractivity contribution in [1.82, 2.24) is 15.2 Å². The van der Waals surface area contributed by atoms with Crippen molar-refractivity contribution >= 4 is 34.5 Å². The lowest BCUT2D eigenvalue weighted by Gasteiger charge is -2.32. The van der Waals surface area contributed by atoms with Gasteiger partial charge in [0.1, 0.15) is 10.8 Å². The number of likely N-dealkylation sites (tertiary alicyclic amines) is 1. The van der Waals surface area contributed by atoms with Gasteiger partial charge in [-0.1, -0.05) is 6.07 Å². The Bertz CT molecular complexity index is 978. The van der Waals surface area contributed by atoms with Gasteiger partial charge >= 0.3 is 0 Å². The van der Waals surface area contributed by atoms with Crippen molar-refractivity contribution in [1.29, 1.82) is 0 Å². The van der Waals surface area contributed by atoms with E-state index in [9.17, 15) is 14.0 Å². The van der Waals surface area contributed by atoms with Crippen molar-refractivity contribution in [2.45, 2.75) is 25.3 Å². The molecule has 29 heavy (non-hydrogen) atoms. The molecule has 0 bridgehead atoms. The van der Waals surface area contributed by atoms with Crippen LogP contribution in [0.3, 0.4) is 0 Å². The molecule has 2 amide bonds. The van der Waals surface area contributed by atoms with Gasteiger partial charge in [0.2, 0.25) is 5.91 Å². The lowest BCUT2D eigenvalue weighted by atomic mass is 10.0. The van der Waals surface area contributed by atoms with Gasteiger partial charge in [-0.25, -0.2) is 9.37 Å². The standard InChI is InChI=1S/C21H20FN3O2S2/c22-15-5-3-14(4-6-15)20(27)23-16-7-9-25(10-8-16)19(26)12-17-13-29-21(24-17)18-2-1-11-28-18/h1-6,11,13,16H,7-10,12H2,(H,23,27). The number of aromatic nitrogens is 1. The van der Waals surface area contributed by atoms with Gasteiger partial charge < -0.3 is 10.2 Å². The van der Waals surface area contributed by atoms with E-state index in [0.717, 1.165) is 15.6 Å². The monoisotopic (exact) mass is 429 g/mol. The lowest BCUT2D eigenvalue weighted by Crippen LogP contribution is -2.47. The Balaban J connectivity index is 1.26. The first-order valence-corrected chi connectivity index (χ1v) is 11.2. The van der Waals surface area contributed by atoms with Gasteiger partial charge in [-0.3, -0.25) is 9.59 Å². The van der Waals surface area contributed by atoms with E-state index in [1.807, 2.05) is 27.8 Å². The Kier molecular flexibility index (Phi) is 6.01. The number of piperidine rings is 1. The molecule has 0 radical (unpaired) electrons. The van der Waals surface area contributed by atoms with Crippen LogP contribution in [0.2, 0.25) is 0 Å². The van der Waals surface area contributed by atoms with Gasteiger partial charge in [-0.05, 0) is 48.6 Å². The highest BCUT2D eigenvalue weighted by Gasteiger charge is 2.24. The quantitative estimate of drug-likeness (QED) is 0.668. The number of benzene rings is 1. The number of rotatable bonds is 5. The van der Waals surface area contributed by atoms with Crippen LogP contribution in [0.15, 0.2) is 47.2 Å². The molecule has 1 aliphatic heterocycles. The lowest BCUT2D eigenvalue weighted by molar-refractivity contribution is -0.131. The molecule has 1 aromatic carbocycles. The number of nitrogens with zero attached hydrogens (tertiary/aromatic N) is 2. The highest BCUT2D eigenvalue weighted by Crippen LogP contribution is 2.28. The summed E-state index contributed by atoms with van der Waals surface area (Å²) in [7, 11) is 0. The van der Waals surface area contributed by atoms with Crippen LogP contribution in [0, 0.1) is 5.82 Å². The summed E-state index contributed by atoms with van der Waals surface area (Å²) in [6.07, 6.45) is 1.71. The Morgan fingerprint density at radius 3 is 2.59 bits per heavy atom. The van der Waals surface area contributed by atoms with Crippen molar-refractivity contribution in [3.05, 3.63) is 64.2 Å². The second kappa shape index (κ2) is 8.84. The summed E-state index contributed by atoms with van der Waals surface area (Å²) in [5, 5.41) is 7.88. The molecule has 1 fully saturated rings. The number of thiazole rings is 1. The molecule has 1 saturated heterocycles. The van der Waals surface area contributed by atoms with Gasteiger partial charge in [0, 0.05) is 30.1 Å². The van der Waals surface area contributed by atoms with E-state index in [1.54, 1.807) is 22.7 Å². The van der Waals surface area contributed by atoms with E-state index in [0.29, 0.717) is 37.9 Å². The molecule has 8 heteroatoms. The largest absolute Gasteiger partial charge is 0.349 e. The second-order valence-electron chi connectivity index (χ2n) is 6.93. The first-order chi connectivity index (χ1) is 14.1. The molecule has 1 N–H and O–H groups in total. The summed E-state index contributed by atoms with van der Waals surface area (Å²) in [5.41, 5.74) is 1.24. The molecular weight excluding hydrogens is 409 g/mol. The predicted octanol–water partition coefficient (Wildman–Crippen LogP) is 3.97. The minimum Gasteiger partial charge on any atom is -0.349 e. The Morgan fingerprint density at radius 1 is 1.14 bits per heavy atom. The first-order valence-electron chi connectivity index (χ1n) is 9.41. The van der Waals surface area contributed by atoms with Crippen LogP contribution in [0.1, 0.15) is 28.9 Å². The third kappa shape index (κ3) is 4.89. The maximum Gasteiger partial charge on any atom is 0.251 e. The smallest absolute Gasteiger partial charge is 0.251 e. The van der Waals surface area contributed by atoms with E-state index in [-0.39, 0.29) is 23.7 Å². The summed E-state index contributed by atoms with van der Waals surface area (Å²) < 4.78 is 13.0. The molecular formula is C21H20FN3O2S2. The second-order valence-corrected chi connectivity index (χ2v) is 8.74. The van der Waals surface area contributed by atoms with Crippen LogP contribution in [0.4, 0.5) is 4.39 Å². The molecule has 0 aliphatic carbocycles. The summed E-state index contributed by atoms with van der Waals surface area (Å²) >= 11 is 3.20. The van der Waals surface area contributed by atoms with E-state index >= 15 is 0 Å². The number of carbonyl (C=O) groups is 2. The number of halogens is 1. The molecule has 5 nitrogen and oxygen atoms in total. The maximum atomic E-state index is 13.0. The zero-order valence-electron chi connectivity index (χ0n) is 15.6. The fourth-order valence-corrected chi connectivity index (χ4v) is 4.95. The molecule has 1 aliphatic rings. The number of amides is 2. The van der Waals surface area contributed by atoms with Gasteiger partial charge in [-0.2, -0.15) is 0 Å². The summed E-state index contributed by atoms with van der Waals surface area (Å²) in [4.78, 5) is 32.4. The van der Waals surface area contributed by atoms with Gasteiger partial charge in [-0.15, -0.1) is 22.7 Å². The Morgan fingerprint density at radius 2 is 1.90 bits per heavy atom. The average Bonchev–Trinajstić information content (AvgIpc) is 3.41. The molecule has 150 valence electrons. The molecule has 4 rings (SSSR count).